The Labute approximate surface area is 157 Å². The van der Waals surface area contributed by atoms with E-state index in [1.54, 1.807) is 12.4 Å². The third-order valence-electron chi connectivity index (χ3n) is 4.72. The van der Waals surface area contributed by atoms with E-state index in [0.29, 0.717) is 12.5 Å². The molecule has 1 fully saturated rings. The van der Waals surface area contributed by atoms with Gasteiger partial charge in [-0.1, -0.05) is 18.9 Å². The Hall–Kier alpha value is -3.22. The zero-order valence-electron chi connectivity index (χ0n) is 15.0. The summed E-state index contributed by atoms with van der Waals surface area (Å²) in [5.41, 5.74) is 2.83. The molecule has 2 aromatic heterocycles. The fourth-order valence-electron chi connectivity index (χ4n) is 3.29. The Kier molecular flexibility index (Phi) is 5.09. The standard InChI is InChI=1S/C20H22N6O/c27-20(24-16-5-1-2-6-16)26-19-23-13-15-7-8-17(10-18(15)25-19)22-12-14-4-3-9-21-11-14/h3-4,7-11,13,16,22H,1-2,5-6,12H2,(H2,23,24,25,26,27). The summed E-state index contributed by atoms with van der Waals surface area (Å²) in [5.74, 6) is 0.308. The highest BCUT2D eigenvalue weighted by Gasteiger charge is 2.17. The third kappa shape index (κ3) is 4.49. The molecule has 1 saturated carbocycles. The summed E-state index contributed by atoms with van der Waals surface area (Å²) in [6.07, 6.45) is 9.74. The first-order chi connectivity index (χ1) is 13.3. The molecule has 0 aliphatic heterocycles. The second-order valence-corrected chi connectivity index (χ2v) is 6.76. The molecule has 138 valence electrons. The van der Waals surface area contributed by atoms with Crippen LogP contribution in [-0.4, -0.2) is 27.0 Å². The van der Waals surface area contributed by atoms with Crippen molar-refractivity contribution in [1.29, 1.82) is 0 Å². The summed E-state index contributed by atoms with van der Waals surface area (Å²) in [6, 6.07) is 9.85. The molecule has 0 radical (unpaired) electrons. The van der Waals surface area contributed by atoms with Crippen molar-refractivity contribution in [3.63, 3.8) is 0 Å². The summed E-state index contributed by atoms with van der Waals surface area (Å²) < 4.78 is 0. The zero-order valence-corrected chi connectivity index (χ0v) is 15.0. The quantitative estimate of drug-likeness (QED) is 0.644. The molecule has 2 heterocycles. The van der Waals surface area contributed by atoms with Crippen LogP contribution >= 0.6 is 0 Å². The van der Waals surface area contributed by atoms with Crippen LogP contribution in [0.5, 0.6) is 0 Å². The first-order valence-electron chi connectivity index (χ1n) is 9.23. The lowest BCUT2D eigenvalue weighted by Crippen LogP contribution is -2.36. The van der Waals surface area contributed by atoms with Gasteiger partial charge in [0.2, 0.25) is 5.95 Å². The van der Waals surface area contributed by atoms with E-state index in [2.05, 4.69) is 30.9 Å². The van der Waals surface area contributed by atoms with Crippen molar-refractivity contribution in [2.24, 2.45) is 0 Å². The number of benzene rings is 1. The van der Waals surface area contributed by atoms with Crippen LogP contribution in [-0.2, 0) is 6.54 Å². The van der Waals surface area contributed by atoms with Crippen molar-refractivity contribution >= 4 is 28.6 Å². The van der Waals surface area contributed by atoms with Gasteiger partial charge in [-0.05, 0) is 42.7 Å². The lowest BCUT2D eigenvalue weighted by molar-refractivity contribution is 0.248. The Morgan fingerprint density at radius 3 is 2.85 bits per heavy atom. The maximum atomic E-state index is 12.1. The lowest BCUT2D eigenvalue weighted by atomic mass is 10.2. The number of nitrogens with zero attached hydrogens (tertiary/aromatic N) is 3. The van der Waals surface area contributed by atoms with Crippen molar-refractivity contribution < 1.29 is 4.79 Å². The third-order valence-corrected chi connectivity index (χ3v) is 4.72. The van der Waals surface area contributed by atoms with Gasteiger partial charge >= 0.3 is 6.03 Å². The number of nitrogens with one attached hydrogen (secondary N) is 3. The molecule has 1 aliphatic carbocycles. The van der Waals surface area contributed by atoms with Gasteiger partial charge in [0.05, 0.1) is 5.52 Å². The first kappa shape index (κ1) is 17.2. The second kappa shape index (κ2) is 7.99. The monoisotopic (exact) mass is 362 g/mol. The van der Waals surface area contributed by atoms with Gasteiger partial charge in [0, 0.05) is 42.3 Å². The van der Waals surface area contributed by atoms with Crippen molar-refractivity contribution in [2.75, 3.05) is 10.6 Å². The minimum absolute atomic E-state index is 0.243. The van der Waals surface area contributed by atoms with Gasteiger partial charge in [0.25, 0.3) is 0 Å². The topological polar surface area (TPSA) is 91.8 Å². The number of hydrogen-bond acceptors (Lipinski definition) is 5. The molecule has 4 rings (SSSR count). The molecule has 3 N–H and O–H groups in total. The molecule has 0 unspecified atom stereocenters. The van der Waals surface area contributed by atoms with Gasteiger partial charge in [-0.3, -0.25) is 10.3 Å². The maximum absolute atomic E-state index is 12.1. The van der Waals surface area contributed by atoms with E-state index >= 15 is 0 Å². The predicted molar refractivity (Wildman–Crippen MR) is 106 cm³/mol. The maximum Gasteiger partial charge on any atom is 0.321 e. The van der Waals surface area contributed by atoms with Gasteiger partial charge in [-0.2, -0.15) is 0 Å². The molecule has 0 saturated heterocycles. The Bertz CT molecular complexity index is 924. The number of carbonyl (C=O) groups is 1. The first-order valence-corrected chi connectivity index (χ1v) is 9.23. The van der Waals surface area contributed by atoms with Crippen molar-refractivity contribution in [3.05, 3.63) is 54.5 Å². The zero-order chi connectivity index (χ0) is 18.5. The summed E-state index contributed by atoms with van der Waals surface area (Å²) in [4.78, 5) is 24.9. The Balaban J connectivity index is 1.43. The molecular weight excluding hydrogens is 340 g/mol. The largest absolute Gasteiger partial charge is 0.381 e. The SMILES string of the molecule is O=C(Nc1ncc2ccc(NCc3cccnc3)cc2n1)NC1CCCC1. The van der Waals surface area contributed by atoms with Crippen LogP contribution in [0.1, 0.15) is 31.2 Å². The number of rotatable bonds is 5. The van der Waals surface area contributed by atoms with E-state index in [1.807, 2.05) is 36.5 Å². The number of amides is 2. The van der Waals surface area contributed by atoms with Gasteiger partial charge in [0.1, 0.15) is 0 Å². The molecule has 0 bridgehead atoms. The van der Waals surface area contributed by atoms with E-state index < -0.39 is 0 Å². The highest BCUT2D eigenvalue weighted by atomic mass is 16.2. The van der Waals surface area contributed by atoms with Gasteiger partial charge in [0.15, 0.2) is 0 Å². The van der Waals surface area contributed by atoms with Crippen molar-refractivity contribution in [3.8, 4) is 0 Å². The minimum atomic E-state index is -0.243. The predicted octanol–water partition coefficient (Wildman–Crippen LogP) is 3.70. The number of carbonyl (C=O) groups excluding carboxylic acids is 1. The summed E-state index contributed by atoms with van der Waals surface area (Å²) in [5, 5.41) is 10.00. The van der Waals surface area contributed by atoms with Crippen molar-refractivity contribution in [1.82, 2.24) is 20.3 Å². The van der Waals surface area contributed by atoms with Crippen LogP contribution < -0.4 is 16.0 Å². The second-order valence-electron chi connectivity index (χ2n) is 6.76. The average molecular weight is 362 g/mol. The molecule has 1 aromatic carbocycles. The number of hydrogen-bond donors (Lipinski definition) is 3. The molecule has 2 amide bonds. The smallest absolute Gasteiger partial charge is 0.321 e. The van der Waals surface area contributed by atoms with Gasteiger partial charge in [-0.25, -0.2) is 14.8 Å². The normalized spacial score (nSPS) is 14.2. The van der Waals surface area contributed by atoms with Crippen LogP contribution in [0.25, 0.3) is 10.9 Å². The van der Waals surface area contributed by atoms with E-state index in [0.717, 1.165) is 35.0 Å². The summed E-state index contributed by atoms with van der Waals surface area (Å²) in [6.45, 7) is 0.680. The van der Waals surface area contributed by atoms with Crippen LogP contribution in [0.2, 0.25) is 0 Å². The highest BCUT2D eigenvalue weighted by molar-refractivity contribution is 5.89. The van der Waals surface area contributed by atoms with Crippen LogP contribution in [0.4, 0.5) is 16.4 Å². The average Bonchev–Trinajstić information content (AvgIpc) is 3.19. The Morgan fingerprint density at radius 1 is 1.15 bits per heavy atom. The minimum Gasteiger partial charge on any atom is -0.381 e. The summed E-state index contributed by atoms with van der Waals surface area (Å²) >= 11 is 0. The van der Waals surface area contributed by atoms with Crippen molar-refractivity contribution in [2.45, 2.75) is 38.3 Å². The molecular formula is C20H22N6O. The van der Waals surface area contributed by atoms with E-state index in [1.165, 1.54) is 12.8 Å². The Morgan fingerprint density at radius 2 is 2.04 bits per heavy atom. The number of pyridine rings is 1. The van der Waals surface area contributed by atoms with E-state index in [9.17, 15) is 4.79 Å². The van der Waals surface area contributed by atoms with Crippen LogP contribution in [0.3, 0.4) is 0 Å². The fraction of sp³-hybridized carbons (Fsp3) is 0.300. The highest BCUT2D eigenvalue weighted by Crippen LogP contribution is 2.20. The van der Waals surface area contributed by atoms with Gasteiger partial charge in [-0.15, -0.1) is 0 Å². The fourth-order valence-corrected chi connectivity index (χ4v) is 3.29. The molecule has 0 atom stereocenters. The lowest BCUT2D eigenvalue weighted by Gasteiger charge is -2.12. The number of aromatic nitrogens is 3. The number of urea groups is 1. The molecule has 7 heteroatoms. The number of fused-ring (bicyclic) bond motifs is 1. The molecule has 7 nitrogen and oxygen atoms in total. The molecule has 27 heavy (non-hydrogen) atoms. The summed E-state index contributed by atoms with van der Waals surface area (Å²) in [7, 11) is 0. The molecule has 0 spiro atoms. The van der Waals surface area contributed by atoms with Crippen LogP contribution in [0, 0.1) is 0 Å². The van der Waals surface area contributed by atoms with Gasteiger partial charge < -0.3 is 10.6 Å². The van der Waals surface area contributed by atoms with Crippen LogP contribution in [0.15, 0.2) is 48.9 Å². The van der Waals surface area contributed by atoms with E-state index in [-0.39, 0.29) is 12.1 Å². The molecule has 1 aliphatic rings. The number of anilines is 2. The van der Waals surface area contributed by atoms with E-state index in [4.69, 9.17) is 0 Å². The molecule has 3 aromatic rings.